The average Bonchev–Trinajstić information content (AvgIpc) is 2.43. The molecule has 1 heterocycles. The van der Waals surface area contributed by atoms with Crippen molar-refractivity contribution in [2.75, 3.05) is 32.8 Å². The maximum atomic E-state index is 12.4. The van der Waals surface area contributed by atoms with Crippen LogP contribution in [0.2, 0.25) is 0 Å². The molecule has 20 heavy (non-hydrogen) atoms. The Morgan fingerprint density at radius 2 is 2.30 bits per heavy atom. The number of carboxylic acids is 1. The van der Waals surface area contributed by atoms with Gasteiger partial charge in [-0.1, -0.05) is 0 Å². The Labute approximate surface area is 118 Å². The Balaban J connectivity index is 2.60. The lowest BCUT2D eigenvalue weighted by atomic mass is 10.2. The van der Waals surface area contributed by atoms with E-state index in [2.05, 4.69) is 6.07 Å². The van der Waals surface area contributed by atoms with Gasteiger partial charge in [0.05, 0.1) is 31.1 Å². The summed E-state index contributed by atoms with van der Waals surface area (Å²) < 4.78 is 5.34. The molecule has 7 heteroatoms. The van der Waals surface area contributed by atoms with Crippen molar-refractivity contribution in [3.8, 4) is 6.07 Å². The SMILES string of the molecule is CCN(CC(C)C#N)C(=O)N1CCOC(CC(=O)O)C1. The zero-order valence-corrected chi connectivity index (χ0v) is 11.9. The van der Waals surface area contributed by atoms with Crippen molar-refractivity contribution in [2.45, 2.75) is 26.4 Å². The van der Waals surface area contributed by atoms with Gasteiger partial charge in [-0.05, 0) is 13.8 Å². The van der Waals surface area contributed by atoms with E-state index in [4.69, 9.17) is 15.1 Å². The smallest absolute Gasteiger partial charge is 0.320 e. The molecule has 0 aliphatic carbocycles. The zero-order valence-electron chi connectivity index (χ0n) is 11.9. The Morgan fingerprint density at radius 3 is 2.85 bits per heavy atom. The van der Waals surface area contributed by atoms with Crippen LogP contribution in [0.15, 0.2) is 0 Å². The molecule has 0 saturated carbocycles. The summed E-state index contributed by atoms with van der Waals surface area (Å²) in [5.41, 5.74) is 0. The number of morpholine rings is 1. The number of urea groups is 1. The van der Waals surface area contributed by atoms with E-state index >= 15 is 0 Å². The van der Waals surface area contributed by atoms with Crippen molar-refractivity contribution in [3.05, 3.63) is 0 Å². The molecular weight excluding hydrogens is 262 g/mol. The van der Waals surface area contributed by atoms with E-state index in [0.717, 1.165) is 0 Å². The van der Waals surface area contributed by atoms with Gasteiger partial charge in [-0.25, -0.2) is 4.79 Å². The van der Waals surface area contributed by atoms with E-state index in [1.165, 1.54) is 0 Å². The lowest BCUT2D eigenvalue weighted by molar-refractivity contribution is -0.141. The van der Waals surface area contributed by atoms with E-state index < -0.39 is 12.1 Å². The van der Waals surface area contributed by atoms with E-state index in [0.29, 0.717) is 26.2 Å². The number of rotatable bonds is 5. The van der Waals surface area contributed by atoms with Crippen LogP contribution in [-0.2, 0) is 9.53 Å². The van der Waals surface area contributed by atoms with Gasteiger partial charge in [0.25, 0.3) is 0 Å². The fraction of sp³-hybridized carbons (Fsp3) is 0.769. The van der Waals surface area contributed by atoms with Crippen molar-refractivity contribution in [2.24, 2.45) is 5.92 Å². The highest BCUT2D eigenvalue weighted by atomic mass is 16.5. The van der Waals surface area contributed by atoms with Crippen LogP contribution in [-0.4, -0.2) is 65.8 Å². The molecular formula is C13H21N3O4. The summed E-state index contributed by atoms with van der Waals surface area (Å²) in [5, 5.41) is 17.6. The van der Waals surface area contributed by atoms with Gasteiger partial charge < -0.3 is 19.6 Å². The van der Waals surface area contributed by atoms with Gasteiger partial charge in [0, 0.05) is 26.2 Å². The second kappa shape index (κ2) is 7.70. The molecule has 1 rings (SSSR count). The summed E-state index contributed by atoms with van der Waals surface area (Å²) in [5.74, 6) is -1.16. The number of hydrogen-bond acceptors (Lipinski definition) is 4. The van der Waals surface area contributed by atoms with Crippen LogP contribution in [0.25, 0.3) is 0 Å². The molecule has 1 fully saturated rings. The summed E-state index contributed by atoms with van der Waals surface area (Å²) >= 11 is 0. The minimum atomic E-state index is -0.935. The second-order valence-electron chi connectivity index (χ2n) is 4.89. The molecule has 7 nitrogen and oxygen atoms in total. The first kappa shape index (κ1) is 16.2. The van der Waals surface area contributed by atoms with Crippen molar-refractivity contribution in [1.82, 2.24) is 9.80 Å². The predicted molar refractivity (Wildman–Crippen MR) is 71.0 cm³/mol. The van der Waals surface area contributed by atoms with E-state index in [1.54, 1.807) is 16.7 Å². The van der Waals surface area contributed by atoms with Gasteiger partial charge >= 0.3 is 12.0 Å². The Bertz CT molecular complexity index is 394. The molecule has 2 amide bonds. The molecule has 112 valence electrons. The lowest BCUT2D eigenvalue weighted by Gasteiger charge is -2.36. The third-order valence-electron chi connectivity index (χ3n) is 3.18. The molecule has 2 unspecified atom stereocenters. The summed E-state index contributed by atoms with van der Waals surface area (Å²) in [7, 11) is 0. The van der Waals surface area contributed by atoms with E-state index in [9.17, 15) is 9.59 Å². The molecule has 1 saturated heterocycles. The second-order valence-corrected chi connectivity index (χ2v) is 4.89. The molecule has 1 aliphatic heterocycles. The molecule has 0 radical (unpaired) electrons. The molecule has 1 aliphatic rings. The highest BCUT2D eigenvalue weighted by molar-refractivity contribution is 5.75. The number of carbonyl (C=O) groups is 2. The van der Waals surface area contributed by atoms with Gasteiger partial charge in [-0.3, -0.25) is 4.79 Å². The Kier molecular flexibility index (Phi) is 6.25. The van der Waals surface area contributed by atoms with Crippen LogP contribution in [0, 0.1) is 17.2 Å². The number of carbonyl (C=O) groups excluding carboxylic acids is 1. The van der Waals surface area contributed by atoms with Gasteiger partial charge in [0.1, 0.15) is 0 Å². The van der Waals surface area contributed by atoms with Gasteiger partial charge in [-0.15, -0.1) is 0 Å². The molecule has 0 aromatic carbocycles. The first-order valence-corrected chi connectivity index (χ1v) is 6.74. The number of ether oxygens (including phenoxy) is 1. The van der Waals surface area contributed by atoms with Crippen LogP contribution in [0.5, 0.6) is 0 Å². The van der Waals surface area contributed by atoms with Crippen molar-refractivity contribution in [1.29, 1.82) is 5.26 Å². The summed E-state index contributed by atoms with van der Waals surface area (Å²) in [6.07, 6.45) is -0.567. The van der Waals surface area contributed by atoms with Crippen molar-refractivity contribution < 1.29 is 19.4 Å². The maximum Gasteiger partial charge on any atom is 0.320 e. The standard InChI is InChI=1S/C13H21N3O4/c1-3-15(8-10(2)7-14)13(19)16-4-5-20-11(9-16)6-12(17)18/h10-11H,3-6,8-9H2,1-2H3,(H,17,18). The summed E-state index contributed by atoms with van der Waals surface area (Å²) in [4.78, 5) is 26.3. The highest BCUT2D eigenvalue weighted by Gasteiger charge is 2.28. The van der Waals surface area contributed by atoms with Gasteiger partial charge in [-0.2, -0.15) is 5.26 Å². The van der Waals surface area contributed by atoms with E-state index in [-0.39, 0.29) is 24.9 Å². The first-order valence-electron chi connectivity index (χ1n) is 6.74. The number of amides is 2. The monoisotopic (exact) mass is 283 g/mol. The molecule has 0 aromatic heterocycles. The quantitative estimate of drug-likeness (QED) is 0.804. The van der Waals surface area contributed by atoms with Crippen LogP contribution in [0.4, 0.5) is 4.79 Å². The number of carboxylic acid groups (broad SMARTS) is 1. The average molecular weight is 283 g/mol. The third kappa shape index (κ3) is 4.70. The summed E-state index contributed by atoms with van der Waals surface area (Å²) in [6, 6.07) is 1.95. The van der Waals surface area contributed by atoms with Crippen LogP contribution < -0.4 is 0 Å². The van der Waals surface area contributed by atoms with Crippen LogP contribution >= 0.6 is 0 Å². The maximum absolute atomic E-state index is 12.4. The summed E-state index contributed by atoms with van der Waals surface area (Å²) in [6.45, 7) is 5.60. The first-order chi connectivity index (χ1) is 9.47. The molecule has 2 atom stereocenters. The van der Waals surface area contributed by atoms with Crippen molar-refractivity contribution >= 4 is 12.0 Å². The fourth-order valence-corrected chi connectivity index (χ4v) is 2.13. The number of hydrogen-bond donors (Lipinski definition) is 1. The van der Waals surface area contributed by atoms with Crippen LogP contribution in [0.1, 0.15) is 20.3 Å². The largest absolute Gasteiger partial charge is 0.481 e. The van der Waals surface area contributed by atoms with Crippen molar-refractivity contribution in [3.63, 3.8) is 0 Å². The zero-order chi connectivity index (χ0) is 15.1. The van der Waals surface area contributed by atoms with Gasteiger partial charge in [0.2, 0.25) is 0 Å². The number of aliphatic carboxylic acids is 1. The Hall–Kier alpha value is -1.81. The highest BCUT2D eigenvalue weighted by Crippen LogP contribution is 2.12. The minimum absolute atomic E-state index is 0.107. The predicted octanol–water partition coefficient (Wildman–Crippen LogP) is 0.763. The molecule has 0 spiro atoms. The number of nitriles is 1. The van der Waals surface area contributed by atoms with Gasteiger partial charge in [0.15, 0.2) is 0 Å². The fourth-order valence-electron chi connectivity index (χ4n) is 2.13. The number of nitrogens with zero attached hydrogens (tertiary/aromatic N) is 3. The lowest BCUT2D eigenvalue weighted by Crippen LogP contribution is -2.52. The van der Waals surface area contributed by atoms with Crippen LogP contribution in [0.3, 0.4) is 0 Å². The third-order valence-corrected chi connectivity index (χ3v) is 3.18. The minimum Gasteiger partial charge on any atom is -0.481 e. The topological polar surface area (TPSA) is 93.9 Å². The molecule has 1 N–H and O–H groups in total. The molecule has 0 aromatic rings. The Morgan fingerprint density at radius 1 is 1.60 bits per heavy atom. The van der Waals surface area contributed by atoms with E-state index in [1.807, 2.05) is 6.92 Å². The normalized spacial score (nSPS) is 20.1. The molecule has 0 bridgehead atoms.